The van der Waals surface area contributed by atoms with Gasteiger partial charge in [0.15, 0.2) is 45.1 Å². The molecule has 12 aromatic rings. The Labute approximate surface area is 776 Å². The molecule has 4 aromatic carbocycles. The number of aliphatic hydroxyl groups is 4. The first kappa shape index (κ1) is 99.8. The van der Waals surface area contributed by atoms with Crippen LogP contribution in [0.3, 0.4) is 0 Å². The Balaban J connectivity index is 0.000000167. The number of aryl methyl sites for hydroxylation is 4. The number of benzene rings is 4. The summed E-state index contributed by atoms with van der Waals surface area (Å²) in [5.41, 5.74) is 23.0. The Morgan fingerprint density at radius 2 is 0.569 bits per heavy atom. The van der Waals surface area contributed by atoms with Gasteiger partial charge in [-0.3, -0.25) is 14.4 Å². The molecule has 0 bridgehead atoms. The van der Waals surface area contributed by atoms with E-state index in [9.17, 15) is 78.4 Å². The summed E-state index contributed by atoms with van der Waals surface area (Å²) in [6.07, 6.45) is 10.5. The number of ketones is 1. The fourth-order valence-electron chi connectivity index (χ4n) is 18.4. The first-order chi connectivity index (χ1) is 60.1. The molecule has 688 valence electrons. The molecular weight excluding hydrogens is 1760 g/mol. The van der Waals surface area contributed by atoms with Gasteiger partial charge in [-0.25, -0.2) is 78.3 Å². The van der Waals surface area contributed by atoms with Crippen LogP contribution in [0.4, 0.5) is 23.8 Å². The maximum Gasteiger partial charge on any atom is 1.00 e. The topological polar surface area (TPSA) is 524 Å². The molecule has 36 nitrogen and oxygen atoms in total. The Morgan fingerprint density at radius 1 is 0.362 bits per heavy atom. The van der Waals surface area contributed by atoms with E-state index < -0.39 is 57.1 Å². The number of rotatable bonds is 20. The zero-order valence-electron chi connectivity index (χ0n) is 75.9. The van der Waals surface area contributed by atoms with E-state index in [0.29, 0.717) is 138 Å². The second-order valence-corrected chi connectivity index (χ2v) is 42.4. The van der Waals surface area contributed by atoms with Gasteiger partial charge in [-0.1, -0.05) is 55.4 Å². The van der Waals surface area contributed by atoms with Gasteiger partial charge in [0.05, 0.1) is 115 Å². The molecule has 16 rings (SSSR count). The first-order valence-electron chi connectivity index (χ1n) is 41.7. The van der Waals surface area contributed by atoms with E-state index in [1.807, 2.05) is 25.1 Å². The van der Waals surface area contributed by atoms with Crippen molar-refractivity contribution >= 4 is 130 Å². The summed E-state index contributed by atoms with van der Waals surface area (Å²) in [7, 11) is -13.9. The number of carbonyl (C=O) groups excluding carboxylic acids is 3. The minimum atomic E-state index is -3.49. The van der Waals surface area contributed by atoms with E-state index >= 15 is 0 Å². The molecule has 130 heavy (non-hydrogen) atoms. The summed E-state index contributed by atoms with van der Waals surface area (Å²) in [6.45, 7) is 28.8. The van der Waals surface area contributed by atoms with Gasteiger partial charge in [-0.15, -0.1) is 0 Å². The number of nitrogens with two attached hydrogens (primary N) is 2. The molecule has 41 heteroatoms. The van der Waals surface area contributed by atoms with E-state index in [4.69, 9.17) is 11.5 Å². The number of Topliss-reactive ketones (excluding diaryl/α,β-unsaturated/α-hetero) is 1. The van der Waals surface area contributed by atoms with E-state index in [2.05, 4.69) is 139 Å². The Hall–Kier alpha value is -10.8. The average molecular weight is 1870 g/mol. The van der Waals surface area contributed by atoms with Crippen LogP contribution in [-0.2, 0) is 92.0 Å². The van der Waals surface area contributed by atoms with Crippen LogP contribution in [0.1, 0.15) is 196 Å². The van der Waals surface area contributed by atoms with Gasteiger partial charge in [-0.05, 0) is 153 Å². The van der Waals surface area contributed by atoms with Gasteiger partial charge in [-0.2, -0.15) is 0 Å². The van der Waals surface area contributed by atoms with Crippen LogP contribution < -0.4 is 60.6 Å². The van der Waals surface area contributed by atoms with E-state index in [1.165, 1.54) is 25.5 Å². The molecule has 4 atom stereocenters. The van der Waals surface area contributed by atoms with Crippen molar-refractivity contribution < 1.29 is 113 Å². The molecule has 8 aromatic heterocycles. The van der Waals surface area contributed by atoms with Crippen LogP contribution in [0.15, 0.2) is 117 Å². The largest absolute Gasteiger partial charge is 1.00 e. The zero-order chi connectivity index (χ0) is 93.5. The normalized spacial score (nSPS) is 16.3. The van der Waals surface area contributed by atoms with Crippen molar-refractivity contribution in [2.75, 3.05) is 70.8 Å². The van der Waals surface area contributed by atoms with E-state index in [1.54, 1.807) is 75.5 Å². The van der Waals surface area contributed by atoms with Gasteiger partial charge in [0, 0.05) is 169 Å². The third-order valence-corrected chi connectivity index (χ3v) is 28.8. The fraction of sp³-hybridized carbons (Fsp3) is 0.416. The predicted octanol–water partition coefficient (Wildman–Crippen LogP) is 6.34. The number of nitrogens with zero attached hydrogens (tertiary/aromatic N) is 16. The van der Waals surface area contributed by atoms with Crippen LogP contribution in [0.5, 0.6) is 0 Å². The smallest absolute Gasteiger partial charge is 0.870 e. The van der Waals surface area contributed by atoms with Crippen molar-refractivity contribution in [2.24, 2.45) is 35.1 Å². The molecule has 2 unspecified atom stereocenters. The summed E-state index contributed by atoms with van der Waals surface area (Å²) in [4.78, 5) is 91.1. The minimum absolute atomic E-state index is 0. The number of aromatic nitrogens is 12. The molecule has 0 aliphatic carbocycles. The molecule has 0 radical (unpaired) electrons. The minimum Gasteiger partial charge on any atom is -0.870 e. The van der Waals surface area contributed by atoms with Crippen LogP contribution in [0.2, 0.25) is 0 Å². The quantitative estimate of drug-likeness (QED) is 0.0323. The maximum absolute atomic E-state index is 12.3. The van der Waals surface area contributed by atoms with Gasteiger partial charge < -0.3 is 80.3 Å². The second kappa shape index (κ2) is 38.6. The SMILES string of the molecule is CC(=O)c1cnc(N2CCn3c(cc4cc(CO)c(S(C)(=O)=O)cc43)C2C(C)C)nc1C.Cc1nc(N2CCn3c(cc4cc(CO)c(S(C)(=O)=O)cc43)C2C(C)C)ncc1C(=O)O.Cc1nc(N2CCn3c(cc4cc(CO)c(S(C)(=O)=O)cc43)[C@@H]2C(C)C)ncc1C(N)=O.Cc1nc(N2CCn3c(cc4cc(CO)c(S(C)(=O)=O)cc43)[C@H]2C(C)C)ncc1C(N)=O.[Na+].[OH-]. The Bertz CT molecular complexity index is 6150. The Morgan fingerprint density at radius 3 is 0.738 bits per heavy atom. The van der Waals surface area contributed by atoms with Gasteiger partial charge >= 0.3 is 35.5 Å². The third-order valence-electron chi connectivity index (χ3n) is 24.1. The van der Waals surface area contributed by atoms with E-state index in [0.717, 1.165) is 91.4 Å². The summed E-state index contributed by atoms with van der Waals surface area (Å²) < 4.78 is 107. The molecular formula is C89H109N18NaO18S4. The number of sulfone groups is 4. The molecule has 12 heterocycles. The number of primary amides is 2. The molecule has 0 spiro atoms. The molecule has 0 saturated heterocycles. The van der Waals surface area contributed by atoms with Crippen molar-refractivity contribution in [3.05, 3.63) is 188 Å². The number of aliphatic hydroxyl groups excluding tert-OH is 4. The number of amides is 2. The predicted molar refractivity (Wildman–Crippen MR) is 487 cm³/mol. The van der Waals surface area contributed by atoms with Gasteiger partial charge in [0.1, 0.15) is 0 Å². The van der Waals surface area contributed by atoms with Crippen LogP contribution in [0.25, 0.3) is 43.6 Å². The van der Waals surface area contributed by atoms with Crippen molar-refractivity contribution in [1.82, 2.24) is 58.1 Å². The molecule has 4 aliphatic rings. The van der Waals surface area contributed by atoms with Crippen LogP contribution >= 0.6 is 0 Å². The first-order valence-corrected chi connectivity index (χ1v) is 49.3. The number of carbonyl (C=O) groups is 4. The van der Waals surface area contributed by atoms with Crippen LogP contribution in [0, 0.1) is 51.4 Å². The fourth-order valence-corrected chi connectivity index (χ4v) is 22.1. The number of anilines is 4. The van der Waals surface area contributed by atoms with Crippen molar-refractivity contribution in [3.8, 4) is 0 Å². The zero-order valence-corrected chi connectivity index (χ0v) is 81.1. The number of fused-ring (bicyclic) bond motifs is 12. The number of carboxylic acids is 1. The second-order valence-electron chi connectivity index (χ2n) is 34.5. The summed E-state index contributed by atoms with van der Waals surface area (Å²) in [5, 5.41) is 51.7. The van der Waals surface area contributed by atoms with Crippen molar-refractivity contribution in [1.29, 1.82) is 0 Å². The number of hydrogen-bond donors (Lipinski definition) is 7. The number of carboxylic acid groups (broad SMARTS) is 1. The number of hydrogen-bond acceptors (Lipinski definition) is 29. The molecule has 0 saturated carbocycles. The average Bonchev–Trinajstić information content (AvgIpc) is 1.60. The van der Waals surface area contributed by atoms with E-state index in [-0.39, 0.29) is 140 Å². The molecule has 2 amide bonds. The monoisotopic (exact) mass is 1870 g/mol. The summed E-state index contributed by atoms with van der Waals surface area (Å²) in [5.74, 6) is 0.648. The van der Waals surface area contributed by atoms with Crippen molar-refractivity contribution in [2.45, 2.75) is 186 Å². The molecule has 0 fully saturated rings. The van der Waals surface area contributed by atoms with Gasteiger partial charge in [0.2, 0.25) is 23.8 Å². The number of aromatic carboxylic acids is 1. The maximum atomic E-state index is 12.3. The summed E-state index contributed by atoms with van der Waals surface area (Å²) >= 11 is 0. The summed E-state index contributed by atoms with van der Waals surface area (Å²) in [6, 6.07) is 21.6. The van der Waals surface area contributed by atoms with Crippen LogP contribution in [-0.4, -0.2) is 198 Å². The third kappa shape index (κ3) is 19.5. The van der Waals surface area contributed by atoms with Crippen molar-refractivity contribution in [3.63, 3.8) is 0 Å². The molecule has 4 aliphatic heterocycles. The standard InChI is InChI=1S/C23H28N4O4S.2C22H27N5O4S.C22H26N4O5S.Na.H2O/c1-13(2)22-20-9-16-8-17(12-28)21(32(5,30)31)10-19(16)26(20)6-7-27(22)23-24-11-18(15(4)29)14(3)25-23;2*1-12(2)20-18-8-14-7-15(11-28)19(32(4,30)31)9-17(14)26(18)5-6-27(20)22-24-10-16(21(23)29)13(3)25-22;1-12(2)20-18-8-14-7-15(11-27)19(32(4,30)31)9-17(14)25(18)5-6-26(20)22-23-10-16(21(28)29)13(3)24-22;;/h8-11,13,22,28H,6-7,12H2,1-5H3;2*7-10,12,20,28H,5-6,11H2,1-4H3,(H2,23,29);7-10,12,20,27H,5-6,11H2,1-4H3,(H,28,29);;1H2/q;;;;+1;/p-1/t;2*20-;;;/m.10.../s1. The Kier molecular flexibility index (Phi) is 29.6. The van der Waals surface area contributed by atoms with Gasteiger partial charge in [0.25, 0.3) is 11.8 Å². The molecule has 10 N–H and O–H groups in total.